The highest BCUT2D eigenvalue weighted by Crippen LogP contribution is 2.35. The number of rotatable bonds is 5. The van der Waals surface area contributed by atoms with E-state index in [1.54, 1.807) is 0 Å². The second-order valence-electron chi connectivity index (χ2n) is 7.17. The van der Waals surface area contributed by atoms with Crippen LogP contribution < -0.4 is 10.9 Å². The number of aromatic nitrogens is 2. The largest absolute Gasteiger partial charge is 0.347 e. The molecule has 27 heavy (non-hydrogen) atoms. The van der Waals surface area contributed by atoms with Gasteiger partial charge in [-0.2, -0.15) is 0 Å². The molecule has 3 aromatic rings. The summed E-state index contributed by atoms with van der Waals surface area (Å²) in [6.07, 6.45) is 5.94. The summed E-state index contributed by atoms with van der Waals surface area (Å²) in [6.45, 7) is -0.00206. The van der Waals surface area contributed by atoms with Crippen molar-refractivity contribution < 1.29 is 4.79 Å². The molecule has 0 saturated heterocycles. The van der Waals surface area contributed by atoms with Crippen LogP contribution in [0.25, 0.3) is 11.0 Å². The highest BCUT2D eigenvalue weighted by molar-refractivity contribution is 5.80. The quantitative estimate of drug-likeness (QED) is 0.757. The number of nitrogens with one attached hydrogen (secondary N) is 1. The van der Waals surface area contributed by atoms with Crippen LogP contribution in [0.3, 0.4) is 0 Å². The molecular weight excluding hydrogens is 338 g/mol. The fourth-order valence-electron chi connectivity index (χ4n) is 4.06. The molecule has 1 unspecified atom stereocenters. The Bertz CT molecular complexity index is 991. The lowest BCUT2D eigenvalue weighted by Crippen LogP contribution is -2.37. The molecule has 0 bridgehead atoms. The molecule has 1 fully saturated rings. The van der Waals surface area contributed by atoms with Crippen molar-refractivity contribution in [3.05, 3.63) is 76.7 Å². The van der Waals surface area contributed by atoms with E-state index in [9.17, 15) is 9.59 Å². The number of amides is 1. The standard InChI is InChI=1S/C22H23N3O2/c26-20(15-25-19-13-7-6-12-18(19)23-14-21(25)27)24-22(17-10-4-5-11-17)16-8-2-1-3-9-16/h1-3,6-9,12-14,17,22H,4-5,10-11,15H2,(H,24,26). The zero-order valence-electron chi connectivity index (χ0n) is 15.2. The maximum absolute atomic E-state index is 12.9. The number of fused-ring (bicyclic) bond motifs is 1. The zero-order chi connectivity index (χ0) is 18.6. The molecule has 1 saturated carbocycles. The predicted molar refractivity (Wildman–Crippen MR) is 105 cm³/mol. The van der Waals surface area contributed by atoms with Crippen LogP contribution in [0.1, 0.15) is 37.3 Å². The number of para-hydroxylation sites is 2. The molecule has 1 aromatic heterocycles. The number of nitrogens with zero attached hydrogens (tertiary/aromatic N) is 2. The number of benzene rings is 2. The first-order valence-electron chi connectivity index (χ1n) is 9.51. The van der Waals surface area contributed by atoms with Gasteiger partial charge in [0.25, 0.3) is 5.56 Å². The molecule has 1 aliphatic rings. The Kier molecular flexibility index (Phi) is 5.01. The molecule has 1 atom stereocenters. The third-order valence-electron chi connectivity index (χ3n) is 5.40. The summed E-state index contributed by atoms with van der Waals surface area (Å²) in [5.74, 6) is 0.302. The fourth-order valence-corrected chi connectivity index (χ4v) is 4.06. The van der Waals surface area contributed by atoms with Crippen LogP contribution in [-0.4, -0.2) is 15.5 Å². The summed E-state index contributed by atoms with van der Waals surface area (Å²) in [6, 6.07) is 17.5. The monoisotopic (exact) mass is 361 g/mol. The van der Waals surface area contributed by atoms with Gasteiger partial charge in [0.15, 0.2) is 0 Å². The van der Waals surface area contributed by atoms with E-state index in [-0.39, 0.29) is 24.1 Å². The average Bonchev–Trinajstić information content (AvgIpc) is 3.23. The van der Waals surface area contributed by atoms with Crippen molar-refractivity contribution in [1.82, 2.24) is 14.9 Å². The Morgan fingerprint density at radius 2 is 1.78 bits per heavy atom. The third-order valence-corrected chi connectivity index (χ3v) is 5.40. The Morgan fingerprint density at radius 1 is 1.07 bits per heavy atom. The maximum atomic E-state index is 12.9. The van der Waals surface area contributed by atoms with Crippen LogP contribution in [-0.2, 0) is 11.3 Å². The van der Waals surface area contributed by atoms with Gasteiger partial charge in [-0.25, -0.2) is 4.98 Å². The number of carbonyl (C=O) groups is 1. The van der Waals surface area contributed by atoms with Gasteiger partial charge in [-0.15, -0.1) is 0 Å². The molecule has 138 valence electrons. The predicted octanol–water partition coefficient (Wildman–Crippen LogP) is 3.44. The lowest BCUT2D eigenvalue weighted by atomic mass is 9.91. The number of hydrogen-bond donors (Lipinski definition) is 1. The van der Waals surface area contributed by atoms with Gasteiger partial charge in [-0.3, -0.25) is 14.2 Å². The Morgan fingerprint density at radius 3 is 2.56 bits per heavy atom. The van der Waals surface area contributed by atoms with Gasteiger partial charge in [-0.05, 0) is 36.5 Å². The Hall–Kier alpha value is -2.95. The van der Waals surface area contributed by atoms with Gasteiger partial charge in [0, 0.05) is 0 Å². The minimum Gasteiger partial charge on any atom is -0.347 e. The van der Waals surface area contributed by atoms with Gasteiger partial charge < -0.3 is 5.32 Å². The van der Waals surface area contributed by atoms with E-state index in [0.717, 1.165) is 18.4 Å². The van der Waals surface area contributed by atoms with Crippen LogP contribution in [0.15, 0.2) is 65.6 Å². The van der Waals surface area contributed by atoms with Crippen LogP contribution in [0.4, 0.5) is 0 Å². The summed E-state index contributed by atoms with van der Waals surface area (Å²) < 4.78 is 1.49. The van der Waals surface area contributed by atoms with Crippen LogP contribution in [0.5, 0.6) is 0 Å². The fraction of sp³-hybridized carbons (Fsp3) is 0.318. The summed E-state index contributed by atoms with van der Waals surface area (Å²) in [5, 5.41) is 3.20. The number of carbonyl (C=O) groups excluding carboxylic acids is 1. The summed E-state index contributed by atoms with van der Waals surface area (Å²) >= 11 is 0. The minimum absolute atomic E-state index is 0.00206. The molecule has 5 heteroatoms. The number of hydrogen-bond acceptors (Lipinski definition) is 3. The maximum Gasteiger partial charge on any atom is 0.269 e. The highest BCUT2D eigenvalue weighted by atomic mass is 16.2. The molecule has 1 heterocycles. The molecule has 1 amide bonds. The van der Waals surface area contributed by atoms with Crippen LogP contribution in [0, 0.1) is 5.92 Å². The molecule has 0 aliphatic heterocycles. The molecule has 2 aromatic carbocycles. The van der Waals surface area contributed by atoms with Crippen molar-refractivity contribution in [2.45, 2.75) is 38.3 Å². The lowest BCUT2D eigenvalue weighted by molar-refractivity contribution is -0.122. The molecule has 0 radical (unpaired) electrons. The van der Waals surface area contributed by atoms with Gasteiger partial charge in [0.2, 0.25) is 5.91 Å². The van der Waals surface area contributed by atoms with Crippen molar-refractivity contribution in [2.24, 2.45) is 5.92 Å². The van der Waals surface area contributed by atoms with Gasteiger partial charge in [0.1, 0.15) is 6.54 Å². The van der Waals surface area contributed by atoms with Crippen LogP contribution in [0.2, 0.25) is 0 Å². The van der Waals surface area contributed by atoms with Gasteiger partial charge >= 0.3 is 0 Å². The van der Waals surface area contributed by atoms with Crippen molar-refractivity contribution in [1.29, 1.82) is 0 Å². The molecule has 1 aliphatic carbocycles. The highest BCUT2D eigenvalue weighted by Gasteiger charge is 2.27. The van der Waals surface area contributed by atoms with Crippen LogP contribution >= 0.6 is 0 Å². The molecule has 4 rings (SSSR count). The van der Waals surface area contributed by atoms with E-state index in [1.807, 2.05) is 42.5 Å². The van der Waals surface area contributed by atoms with Crippen molar-refractivity contribution in [3.63, 3.8) is 0 Å². The minimum atomic E-state index is -0.263. The summed E-state index contributed by atoms with van der Waals surface area (Å²) in [4.78, 5) is 29.3. The topological polar surface area (TPSA) is 64.0 Å². The van der Waals surface area contributed by atoms with E-state index < -0.39 is 0 Å². The normalized spacial score (nSPS) is 15.7. The van der Waals surface area contributed by atoms with E-state index in [1.165, 1.54) is 23.6 Å². The van der Waals surface area contributed by atoms with E-state index in [2.05, 4.69) is 22.4 Å². The first kappa shape index (κ1) is 17.5. The average molecular weight is 361 g/mol. The molecule has 1 N–H and O–H groups in total. The van der Waals surface area contributed by atoms with Gasteiger partial charge in [0.05, 0.1) is 23.3 Å². The summed E-state index contributed by atoms with van der Waals surface area (Å²) in [7, 11) is 0. The second-order valence-corrected chi connectivity index (χ2v) is 7.17. The van der Waals surface area contributed by atoms with Crippen molar-refractivity contribution in [3.8, 4) is 0 Å². The summed E-state index contributed by atoms with van der Waals surface area (Å²) in [5.41, 5.74) is 2.25. The second kappa shape index (κ2) is 7.74. The first-order chi connectivity index (χ1) is 13.2. The van der Waals surface area contributed by atoms with Crippen molar-refractivity contribution >= 4 is 16.9 Å². The first-order valence-corrected chi connectivity index (χ1v) is 9.51. The Labute approximate surface area is 158 Å². The molecule has 5 nitrogen and oxygen atoms in total. The van der Waals surface area contributed by atoms with E-state index in [0.29, 0.717) is 17.0 Å². The van der Waals surface area contributed by atoms with E-state index in [4.69, 9.17) is 0 Å². The zero-order valence-corrected chi connectivity index (χ0v) is 15.2. The van der Waals surface area contributed by atoms with Crippen molar-refractivity contribution in [2.75, 3.05) is 0 Å². The smallest absolute Gasteiger partial charge is 0.269 e. The SMILES string of the molecule is O=C(Cn1c(=O)cnc2ccccc21)NC(c1ccccc1)C1CCCC1. The molecule has 0 spiro atoms. The third kappa shape index (κ3) is 3.77. The lowest BCUT2D eigenvalue weighted by Gasteiger charge is -2.25. The molecular formula is C22H23N3O2. The Balaban J connectivity index is 1.59. The van der Waals surface area contributed by atoms with E-state index >= 15 is 0 Å². The van der Waals surface area contributed by atoms with Gasteiger partial charge in [-0.1, -0.05) is 55.3 Å².